The molecule has 0 aliphatic carbocycles. The van der Waals surface area contributed by atoms with Gasteiger partial charge in [0, 0.05) is 102 Å². The lowest BCUT2D eigenvalue weighted by molar-refractivity contribution is -0.135. The van der Waals surface area contributed by atoms with Crippen molar-refractivity contribution in [3.63, 3.8) is 0 Å². The Bertz CT molecular complexity index is 1440. The highest BCUT2D eigenvalue weighted by Crippen LogP contribution is 2.22. The molecule has 0 unspecified atom stereocenters. The van der Waals surface area contributed by atoms with Crippen molar-refractivity contribution in [3.8, 4) is 0 Å². The predicted octanol–water partition coefficient (Wildman–Crippen LogP) is 1.16. The first-order chi connectivity index (χ1) is 19.9. The summed E-state index contributed by atoms with van der Waals surface area (Å²) in [5.41, 5.74) is 2.38. The highest BCUT2D eigenvalue weighted by Gasteiger charge is 2.21. The second-order valence-electron chi connectivity index (χ2n) is 10.1. The summed E-state index contributed by atoms with van der Waals surface area (Å²) in [5, 5.41) is 4.04. The van der Waals surface area contributed by atoms with Crippen molar-refractivity contribution < 1.29 is 14.3 Å². The van der Waals surface area contributed by atoms with Gasteiger partial charge in [-0.25, -0.2) is 4.98 Å². The first-order valence-electron chi connectivity index (χ1n) is 13.8. The number of pyridine rings is 1. The Labute approximate surface area is 238 Å². The average molecular weight is 561 g/mol. The van der Waals surface area contributed by atoms with Crippen LogP contribution in [0.2, 0.25) is 0 Å². The second-order valence-corrected chi connectivity index (χ2v) is 10.1. The smallest absolute Gasteiger partial charge is 0.252 e. The molecule has 216 valence electrons. The summed E-state index contributed by atoms with van der Waals surface area (Å²) < 4.78 is 6.65. The van der Waals surface area contributed by atoms with Gasteiger partial charge < -0.3 is 24.8 Å². The van der Waals surface area contributed by atoms with Crippen molar-refractivity contribution in [2.24, 2.45) is 0 Å². The van der Waals surface area contributed by atoms with Gasteiger partial charge >= 0.3 is 0 Å². The SMILES string of the molecule is C=CC(=O)N1CCN(CCn2c(=O)ccc3cnc(Nc4ccc(N5CCN(C(=O)COC)CC5)cc4)nc32)CC1. The van der Waals surface area contributed by atoms with Crippen molar-refractivity contribution >= 4 is 40.2 Å². The minimum atomic E-state index is -0.115. The third kappa shape index (κ3) is 6.72. The third-order valence-electron chi connectivity index (χ3n) is 7.61. The molecule has 0 radical (unpaired) electrons. The zero-order valence-electron chi connectivity index (χ0n) is 23.4. The van der Waals surface area contributed by atoms with Gasteiger partial charge in [-0.15, -0.1) is 0 Å². The van der Waals surface area contributed by atoms with Crippen molar-refractivity contribution in [2.45, 2.75) is 6.54 Å². The molecule has 41 heavy (non-hydrogen) atoms. The van der Waals surface area contributed by atoms with E-state index in [0.29, 0.717) is 50.9 Å². The van der Waals surface area contributed by atoms with Gasteiger partial charge in [0.2, 0.25) is 17.8 Å². The normalized spacial score (nSPS) is 16.2. The van der Waals surface area contributed by atoms with Crippen molar-refractivity contribution in [3.05, 3.63) is 65.6 Å². The predicted molar refractivity (Wildman–Crippen MR) is 157 cm³/mol. The lowest BCUT2D eigenvalue weighted by atomic mass is 10.2. The van der Waals surface area contributed by atoms with Gasteiger partial charge in [-0.2, -0.15) is 4.98 Å². The summed E-state index contributed by atoms with van der Waals surface area (Å²) in [6.07, 6.45) is 3.07. The Morgan fingerprint density at radius 3 is 2.34 bits per heavy atom. The van der Waals surface area contributed by atoms with Crippen LogP contribution in [0.4, 0.5) is 17.3 Å². The minimum Gasteiger partial charge on any atom is -0.375 e. The molecule has 4 heterocycles. The number of aromatic nitrogens is 3. The van der Waals surface area contributed by atoms with Gasteiger partial charge in [0.1, 0.15) is 12.3 Å². The maximum atomic E-state index is 12.8. The fourth-order valence-corrected chi connectivity index (χ4v) is 5.22. The van der Waals surface area contributed by atoms with Gasteiger partial charge in [0.05, 0.1) is 0 Å². The number of benzene rings is 1. The monoisotopic (exact) mass is 560 g/mol. The van der Waals surface area contributed by atoms with Gasteiger partial charge in [0.25, 0.3) is 5.56 Å². The van der Waals surface area contributed by atoms with Crippen LogP contribution >= 0.6 is 0 Å². The van der Waals surface area contributed by atoms with E-state index in [9.17, 15) is 14.4 Å². The van der Waals surface area contributed by atoms with Crippen LogP contribution in [0.15, 0.2) is 60.0 Å². The number of rotatable bonds is 9. The molecule has 0 spiro atoms. The number of fused-ring (bicyclic) bond motifs is 1. The van der Waals surface area contributed by atoms with Crippen LogP contribution in [0, 0.1) is 0 Å². The number of carbonyl (C=O) groups excluding carboxylic acids is 2. The molecule has 2 amide bonds. The first kappa shape index (κ1) is 28.2. The Hall–Kier alpha value is -4.29. The zero-order chi connectivity index (χ0) is 28.8. The molecule has 0 bridgehead atoms. The van der Waals surface area contributed by atoms with Crippen LogP contribution < -0.4 is 15.8 Å². The zero-order valence-corrected chi connectivity index (χ0v) is 23.4. The average Bonchev–Trinajstić information content (AvgIpc) is 3.01. The molecule has 2 aliphatic heterocycles. The van der Waals surface area contributed by atoms with E-state index in [-0.39, 0.29) is 24.0 Å². The molecule has 1 N–H and O–H groups in total. The topological polar surface area (TPSA) is 116 Å². The number of nitrogens with one attached hydrogen (secondary N) is 1. The second kappa shape index (κ2) is 12.9. The summed E-state index contributed by atoms with van der Waals surface area (Å²) in [7, 11) is 1.53. The van der Waals surface area contributed by atoms with Crippen LogP contribution in [0.5, 0.6) is 0 Å². The molecule has 3 aromatic rings. The summed E-state index contributed by atoms with van der Waals surface area (Å²) in [6.45, 7) is 10.5. The van der Waals surface area contributed by atoms with Crippen LogP contribution in [0.1, 0.15) is 0 Å². The quantitative estimate of drug-likeness (QED) is 0.385. The molecule has 1 aromatic carbocycles. The molecule has 2 fully saturated rings. The number of piperazine rings is 2. The van der Waals surface area contributed by atoms with Gasteiger partial charge in [-0.1, -0.05) is 6.58 Å². The van der Waals surface area contributed by atoms with Crippen LogP contribution in [0.25, 0.3) is 11.0 Å². The number of ether oxygens (including phenoxy) is 1. The van der Waals surface area contributed by atoms with E-state index < -0.39 is 0 Å². The number of amides is 2. The maximum Gasteiger partial charge on any atom is 0.252 e. The molecule has 0 saturated carbocycles. The number of hydrogen-bond acceptors (Lipinski definition) is 9. The van der Waals surface area contributed by atoms with Gasteiger partial charge in [-0.05, 0) is 36.4 Å². The molecular formula is C29H36N8O4. The van der Waals surface area contributed by atoms with Crippen LogP contribution in [-0.4, -0.2) is 114 Å². The number of hydrogen-bond donors (Lipinski definition) is 1. The fourth-order valence-electron chi connectivity index (χ4n) is 5.22. The number of nitrogens with zero attached hydrogens (tertiary/aromatic N) is 7. The Morgan fingerprint density at radius 1 is 0.951 bits per heavy atom. The van der Waals surface area contributed by atoms with Crippen molar-refractivity contribution in [2.75, 3.05) is 82.8 Å². The number of carbonyl (C=O) groups is 2. The van der Waals surface area contributed by atoms with E-state index in [1.54, 1.807) is 27.8 Å². The lowest BCUT2D eigenvalue weighted by Gasteiger charge is -2.36. The van der Waals surface area contributed by atoms with Gasteiger partial charge in [0.15, 0.2) is 0 Å². The molecule has 2 aliphatic rings. The lowest BCUT2D eigenvalue weighted by Crippen LogP contribution is -2.49. The van der Waals surface area contributed by atoms with E-state index in [1.165, 1.54) is 13.2 Å². The van der Waals surface area contributed by atoms with E-state index >= 15 is 0 Å². The third-order valence-corrected chi connectivity index (χ3v) is 7.61. The summed E-state index contributed by atoms with van der Waals surface area (Å²) in [5.74, 6) is 0.384. The van der Waals surface area contributed by atoms with Crippen molar-refractivity contribution in [1.29, 1.82) is 0 Å². The Balaban J connectivity index is 1.22. The first-order valence-corrected chi connectivity index (χ1v) is 13.8. The molecule has 2 saturated heterocycles. The summed E-state index contributed by atoms with van der Waals surface area (Å²) in [4.78, 5) is 54.0. The Morgan fingerprint density at radius 2 is 1.66 bits per heavy atom. The highest BCUT2D eigenvalue weighted by atomic mass is 16.5. The highest BCUT2D eigenvalue weighted by molar-refractivity contribution is 5.87. The number of methoxy groups -OCH3 is 1. The van der Waals surface area contributed by atoms with E-state index in [1.807, 2.05) is 29.2 Å². The Kier molecular flexibility index (Phi) is 8.90. The molecular weight excluding hydrogens is 524 g/mol. The molecule has 12 nitrogen and oxygen atoms in total. The molecule has 12 heteroatoms. The largest absolute Gasteiger partial charge is 0.375 e. The fraction of sp³-hybridized carbons (Fsp3) is 0.414. The maximum absolute atomic E-state index is 12.8. The summed E-state index contributed by atoms with van der Waals surface area (Å²) in [6, 6.07) is 11.3. The van der Waals surface area contributed by atoms with E-state index in [2.05, 4.69) is 26.7 Å². The molecule has 2 aromatic heterocycles. The number of anilines is 3. The minimum absolute atomic E-state index is 0.0206. The summed E-state index contributed by atoms with van der Waals surface area (Å²) >= 11 is 0. The van der Waals surface area contributed by atoms with Gasteiger partial charge in [-0.3, -0.25) is 23.9 Å². The van der Waals surface area contributed by atoms with E-state index in [0.717, 1.165) is 42.9 Å². The standard InChI is InChI=1S/C29H36N8O4/c1-3-25(38)35-13-10-33(11-14-35)12-19-37-26(39)9-4-22-20-30-29(32-28(22)37)31-23-5-7-24(8-6-23)34-15-17-36(18-16-34)27(40)21-41-2/h3-9,20H,1,10-19,21H2,2H3,(H,30,31,32). The van der Waals surface area contributed by atoms with E-state index in [4.69, 9.17) is 9.72 Å². The van der Waals surface area contributed by atoms with Crippen LogP contribution in [0.3, 0.4) is 0 Å². The van der Waals surface area contributed by atoms with Crippen molar-refractivity contribution in [1.82, 2.24) is 29.2 Å². The van der Waals surface area contributed by atoms with Crippen LogP contribution in [-0.2, 0) is 20.9 Å². The molecule has 5 rings (SSSR count). The molecule has 0 atom stereocenters.